The number of hydrogen-bond donors (Lipinski definition) is 0. The van der Waals surface area contributed by atoms with Gasteiger partial charge in [0.1, 0.15) is 5.75 Å². The van der Waals surface area contributed by atoms with Crippen molar-refractivity contribution in [1.29, 1.82) is 5.26 Å². The van der Waals surface area contributed by atoms with E-state index in [0.29, 0.717) is 5.56 Å². The number of nitrogens with zero attached hydrogens (tertiary/aromatic N) is 1. The Labute approximate surface area is 114 Å². The standard InChI is InChI=1S/C17H19NO/c18-12-13-7-8-16-15(9-10-19-17(16)11-13)14-5-3-1-2-4-6-14/h7-8,11H,1-6,9-10H2. The molecule has 1 heterocycles. The third kappa shape index (κ3) is 2.51. The molecule has 0 radical (unpaired) electrons. The Morgan fingerprint density at radius 3 is 2.53 bits per heavy atom. The molecule has 0 aromatic heterocycles. The Kier molecular flexibility index (Phi) is 3.55. The van der Waals surface area contributed by atoms with Crippen LogP contribution in [-0.4, -0.2) is 6.61 Å². The quantitative estimate of drug-likeness (QED) is 0.640. The summed E-state index contributed by atoms with van der Waals surface area (Å²) in [6.07, 6.45) is 8.90. The summed E-state index contributed by atoms with van der Waals surface area (Å²) in [5.74, 6) is 0.900. The third-order valence-corrected chi connectivity index (χ3v) is 4.18. The second kappa shape index (κ2) is 5.48. The lowest BCUT2D eigenvalue weighted by Gasteiger charge is -2.23. The van der Waals surface area contributed by atoms with Gasteiger partial charge in [0.2, 0.25) is 0 Å². The Morgan fingerprint density at radius 1 is 1.00 bits per heavy atom. The number of rotatable bonds is 0. The maximum absolute atomic E-state index is 8.97. The molecule has 0 spiro atoms. The van der Waals surface area contributed by atoms with Crippen LogP contribution in [0.25, 0.3) is 5.57 Å². The molecule has 1 fully saturated rings. The molecule has 0 atom stereocenters. The lowest BCUT2D eigenvalue weighted by molar-refractivity contribution is 0.316. The number of allylic oxidation sites excluding steroid dienone is 1. The summed E-state index contributed by atoms with van der Waals surface area (Å²) < 4.78 is 5.73. The predicted molar refractivity (Wildman–Crippen MR) is 75.9 cm³/mol. The minimum absolute atomic E-state index is 0.686. The van der Waals surface area contributed by atoms with Crippen molar-refractivity contribution in [2.75, 3.05) is 6.61 Å². The SMILES string of the molecule is N#Cc1ccc2c(c1)OCCC2=C1CCCCCC1. The second-order valence-electron chi connectivity index (χ2n) is 5.42. The molecule has 0 amide bonds. The number of ether oxygens (including phenoxy) is 1. The van der Waals surface area contributed by atoms with Gasteiger partial charge in [-0.25, -0.2) is 0 Å². The lowest BCUT2D eigenvalue weighted by atomic mass is 9.90. The van der Waals surface area contributed by atoms with Crippen LogP contribution in [0, 0.1) is 11.3 Å². The molecule has 1 aromatic carbocycles. The summed E-state index contributed by atoms with van der Waals surface area (Å²) in [5, 5.41) is 8.97. The van der Waals surface area contributed by atoms with E-state index in [1.165, 1.54) is 49.7 Å². The fraction of sp³-hybridized carbons (Fsp3) is 0.471. The van der Waals surface area contributed by atoms with Crippen LogP contribution in [-0.2, 0) is 0 Å². The third-order valence-electron chi connectivity index (χ3n) is 4.18. The molecule has 0 bridgehead atoms. The van der Waals surface area contributed by atoms with Crippen molar-refractivity contribution >= 4 is 5.57 Å². The number of benzene rings is 1. The van der Waals surface area contributed by atoms with Gasteiger partial charge in [0, 0.05) is 12.0 Å². The molecule has 3 rings (SSSR count). The predicted octanol–water partition coefficient (Wildman–Crippen LogP) is 4.45. The molecule has 98 valence electrons. The molecule has 0 unspecified atom stereocenters. The van der Waals surface area contributed by atoms with Gasteiger partial charge in [0.25, 0.3) is 0 Å². The molecule has 0 N–H and O–H groups in total. The molecular formula is C17H19NO. The van der Waals surface area contributed by atoms with Gasteiger partial charge in [-0.15, -0.1) is 0 Å². The van der Waals surface area contributed by atoms with Crippen molar-refractivity contribution in [1.82, 2.24) is 0 Å². The molecule has 2 heteroatoms. The average molecular weight is 253 g/mol. The molecule has 2 aliphatic rings. The Hall–Kier alpha value is -1.75. The van der Waals surface area contributed by atoms with Crippen molar-refractivity contribution < 1.29 is 4.74 Å². The molecule has 0 saturated heterocycles. The van der Waals surface area contributed by atoms with Crippen LogP contribution in [0.3, 0.4) is 0 Å². The Morgan fingerprint density at radius 2 is 1.79 bits per heavy atom. The molecule has 1 saturated carbocycles. The van der Waals surface area contributed by atoms with Crippen molar-refractivity contribution in [2.45, 2.75) is 44.9 Å². The normalized spacial score (nSPS) is 19.1. The van der Waals surface area contributed by atoms with Gasteiger partial charge >= 0.3 is 0 Å². The highest BCUT2D eigenvalue weighted by Crippen LogP contribution is 2.39. The van der Waals surface area contributed by atoms with Gasteiger partial charge in [-0.2, -0.15) is 5.26 Å². The van der Waals surface area contributed by atoms with E-state index in [9.17, 15) is 0 Å². The first-order chi connectivity index (χ1) is 9.38. The summed E-state index contributed by atoms with van der Waals surface area (Å²) in [6.45, 7) is 0.751. The van der Waals surface area contributed by atoms with Crippen LogP contribution in [0.1, 0.15) is 56.1 Å². The molecule has 1 aliphatic carbocycles. The van der Waals surface area contributed by atoms with Crippen LogP contribution in [0.15, 0.2) is 23.8 Å². The highest BCUT2D eigenvalue weighted by Gasteiger charge is 2.19. The van der Waals surface area contributed by atoms with Gasteiger partial charge in [0.05, 0.1) is 18.2 Å². The highest BCUT2D eigenvalue weighted by molar-refractivity contribution is 5.75. The van der Waals surface area contributed by atoms with Gasteiger partial charge in [-0.1, -0.05) is 18.4 Å². The van der Waals surface area contributed by atoms with Crippen molar-refractivity contribution in [3.63, 3.8) is 0 Å². The molecular weight excluding hydrogens is 234 g/mol. The smallest absolute Gasteiger partial charge is 0.128 e. The monoisotopic (exact) mass is 253 g/mol. The summed E-state index contributed by atoms with van der Waals surface area (Å²) in [6, 6.07) is 8.04. The molecule has 19 heavy (non-hydrogen) atoms. The molecule has 2 nitrogen and oxygen atoms in total. The molecule has 1 aromatic rings. The summed E-state index contributed by atoms with van der Waals surface area (Å²) >= 11 is 0. The zero-order chi connectivity index (χ0) is 13.1. The van der Waals surface area contributed by atoms with E-state index >= 15 is 0 Å². The lowest BCUT2D eigenvalue weighted by Crippen LogP contribution is -2.09. The number of nitriles is 1. The van der Waals surface area contributed by atoms with E-state index in [4.69, 9.17) is 10.00 Å². The summed E-state index contributed by atoms with van der Waals surface area (Å²) in [5.41, 5.74) is 5.03. The van der Waals surface area contributed by atoms with E-state index in [0.717, 1.165) is 18.8 Å². The van der Waals surface area contributed by atoms with Gasteiger partial charge in [-0.05, 0) is 49.5 Å². The minimum Gasteiger partial charge on any atom is -0.493 e. The van der Waals surface area contributed by atoms with Crippen LogP contribution >= 0.6 is 0 Å². The Balaban J connectivity index is 2.02. The minimum atomic E-state index is 0.686. The average Bonchev–Trinajstić information content (AvgIpc) is 2.75. The zero-order valence-corrected chi connectivity index (χ0v) is 11.2. The van der Waals surface area contributed by atoms with E-state index in [-0.39, 0.29) is 0 Å². The first kappa shape index (κ1) is 12.3. The highest BCUT2D eigenvalue weighted by atomic mass is 16.5. The van der Waals surface area contributed by atoms with E-state index in [1.54, 1.807) is 5.57 Å². The van der Waals surface area contributed by atoms with E-state index in [2.05, 4.69) is 12.1 Å². The van der Waals surface area contributed by atoms with E-state index in [1.807, 2.05) is 12.1 Å². The maximum Gasteiger partial charge on any atom is 0.128 e. The maximum atomic E-state index is 8.97. The first-order valence-corrected chi connectivity index (χ1v) is 7.27. The van der Waals surface area contributed by atoms with Crippen LogP contribution in [0.2, 0.25) is 0 Å². The summed E-state index contributed by atoms with van der Waals surface area (Å²) in [4.78, 5) is 0. The number of fused-ring (bicyclic) bond motifs is 1. The second-order valence-corrected chi connectivity index (χ2v) is 5.42. The van der Waals surface area contributed by atoms with Crippen LogP contribution in [0.5, 0.6) is 5.75 Å². The van der Waals surface area contributed by atoms with Gasteiger partial charge in [0.15, 0.2) is 0 Å². The van der Waals surface area contributed by atoms with Crippen molar-refractivity contribution in [3.05, 3.63) is 34.9 Å². The fourth-order valence-electron chi connectivity index (χ4n) is 3.18. The van der Waals surface area contributed by atoms with Crippen LogP contribution < -0.4 is 4.74 Å². The van der Waals surface area contributed by atoms with Gasteiger partial charge in [-0.3, -0.25) is 0 Å². The van der Waals surface area contributed by atoms with Gasteiger partial charge < -0.3 is 4.74 Å². The summed E-state index contributed by atoms with van der Waals surface area (Å²) in [7, 11) is 0. The molecule has 1 aliphatic heterocycles. The van der Waals surface area contributed by atoms with Crippen LogP contribution in [0.4, 0.5) is 0 Å². The zero-order valence-electron chi connectivity index (χ0n) is 11.2. The Bertz CT molecular complexity index is 541. The van der Waals surface area contributed by atoms with Crippen molar-refractivity contribution in [2.24, 2.45) is 0 Å². The number of hydrogen-bond acceptors (Lipinski definition) is 2. The topological polar surface area (TPSA) is 33.0 Å². The van der Waals surface area contributed by atoms with E-state index < -0.39 is 0 Å². The fourth-order valence-corrected chi connectivity index (χ4v) is 3.18. The first-order valence-electron chi connectivity index (χ1n) is 7.27. The van der Waals surface area contributed by atoms with Crippen molar-refractivity contribution in [3.8, 4) is 11.8 Å². The largest absolute Gasteiger partial charge is 0.493 e.